The minimum Gasteiger partial charge on any atom is -0.341 e. The molecule has 1 aromatic carbocycles. The number of thioether (sulfide) groups is 1. The highest BCUT2D eigenvalue weighted by Crippen LogP contribution is 2.23. The van der Waals surface area contributed by atoms with Crippen molar-refractivity contribution in [2.24, 2.45) is 0 Å². The Labute approximate surface area is 150 Å². The summed E-state index contributed by atoms with van der Waals surface area (Å²) in [5, 5.41) is 14.6. The molecule has 0 spiro atoms. The molecular formula is C14H19Cl2N3O3S. The molecule has 1 N–H and O–H groups in total. The summed E-state index contributed by atoms with van der Waals surface area (Å²) in [6.45, 7) is 1.18. The van der Waals surface area contributed by atoms with E-state index < -0.39 is 4.92 Å². The van der Waals surface area contributed by atoms with Crippen LogP contribution < -0.4 is 5.32 Å². The molecule has 1 aliphatic rings. The number of halogens is 2. The summed E-state index contributed by atoms with van der Waals surface area (Å²) in [7, 11) is 1.69. The van der Waals surface area contributed by atoms with E-state index in [1.807, 2.05) is 11.8 Å². The molecule has 1 aromatic rings. The van der Waals surface area contributed by atoms with Crippen molar-refractivity contribution < 1.29 is 9.72 Å². The molecule has 1 unspecified atom stereocenters. The van der Waals surface area contributed by atoms with Crippen molar-refractivity contribution in [3.63, 3.8) is 0 Å². The lowest BCUT2D eigenvalue weighted by Crippen LogP contribution is -2.41. The second-order valence-electron chi connectivity index (χ2n) is 5.21. The lowest BCUT2D eigenvalue weighted by molar-refractivity contribution is -0.384. The first kappa shape index (κ1) is 20.0. The van der Waals surface area contributed by atoms with Gasteiger partial charge in [-0.3, -0.25) is 14.9 Å². The Kier molecular flexibility index (Phi) is 8.11. The summed E-state index contributed by atoms with van der Waals surface area (Å²) in [6, 6.07) is 4.46. The van der Waals surface area contributed by atoms with Crippen LogP contribution in [0.4, 0.5) is 5.69 Å². The first-order valence-corrected chi connectivity index (χ1v) is 8.48. The Balaban J connectivity index is 0.00000264. The van der Waals surface area contributed by atoms with Crippen LogP contribution in [0, 0.1) is 10.1 Å². The normalized spacial score (nSPS) is 17.2. The van der Waals surface area contributed by atoms with Gasteiger partial charge in [0.25, 0.3) is 5.69 Å². The molecule has 23 heavy (non-hydrogen) atoms. The number of nitro groups is 1. The second-order valence-corrected chi connectivity index (χ2v) is 6.77. The molecule has 1 aliphatic heterocycles. The molecule has 2 rings (SSSR count). The summed E-state index contributed by atoms with van der Waals surface area (Å²) >= 11 is 7.90. The Morgan fingerprint density at radius 1 is 1.57 bits per heavy atom. The van der Waals surface area contributed by atoms with Gasteiger partial charge in [0.05, 0.1) is 4.92 Å². The van der Waals surface area contributed by atoms with Crippen LogP contribution >= 0.6 is 35.8 Å². The van der Waals surface area contributed by atoms with Crippen molar-refractivity contribution in [1.82, 2.24) is 10.2 Å². The van der Waals surface area contributed by atoms with E-state index in [0.29, 0.717) is 17.0 Å². The van der Waals surface area contributed by atoms with Gasteiger partial charge in [-0.25, -0.2) is 0 Å². The van der Waals surface area contributed by atoms with Gasteiger partial charge >= 0.3 is 0 Å². The number of rotatable bonds is 5. The van der Waals surface area contributed by atoms with Crippen molar-refractivity contribution in [2.75, 3.05) is 25.1 Å². The third-order valence-corrected chi connectivity index (χ3v) is 4.99. The molecule has 9 heteroatoms. The lowest BCUT2D eigenvalue weighted by atomic mass is 10.1. The molecule has 0 saturated carbocycles. The monoisotopic (exact) mass is 379 g/mol. The fraction of sp³-hybridized carbons (Fsp3) is 0.500. The Morgan fingerprint density at radius 3 is 2.91 bits per heavy atom. The highest BCUT2D eigenvalue weighted by Gasteiger charge is 2.20. The summed E-state index contributed by atoms with van der Waals surface area (Å²) in [6.07, 6.45) is 0.427. The van der Waals surface area contributed by atoms with Gasteiger partial charge in [0.1, 0.15) is 0 Å². The van der Waals surface area contributed by atoms with Crippen LogP contribution in [0.1, 0.15) is 12.0 Å². The number of nitrogens with zero attached hydrogens (tertiary/aromatic N) is 2. The largest absolute Gasteiger partial charge is 0.341 e. The maximum absolute atomic E-state index is 12.2. The van der Waals surface area contributed by atoms with Crippen molar-refractivity contribution in [3.8, 4) is 0 Å². The fourth-order valence-electron chi connectivity index (χ4n) is 2.26. The predicted molar refractivity (Wildman–Crippen MR) is 95.6 cm³/mol. The van der Waals surface area contributed by atoms with Gasteiger partial charge < -0.3 is 10.2 Å². The zero-order valence-electron chi connectivity index (χ0n) is 12.7. The standard InChI is InChI=1S/C14H18ClN3O3S.ClH/c1-17(14(19)7-11-9-22-5-4-16-11)8-10-6-12(18(20)21)2-3-13(10)15;/h2-3,6,11,16H,4-5,7-9H2,1H3;1H. The lowest BCUT2D eigenvalue weighted by Gasteiger charge is -2.25. The van der Waals surface area contributed by atoms with Crippen LogP contribution in [-0.4, -0.2) is 46.9 Å². The molecule has 1 heterocycles. The second kappa shape index (κ2) is 9.32. The van der Waals surface area contributed by atoms with Crippen LogP contribution in [0.2, 0.25) is 5.02 Å². The molecule has 1 fully saturated rings. The Hall–Kier alpha value is -1.02. The average molecular weight is 380 g/mol. The molecule has 1 saturated heterocycles. The van der Waals surface area contributed by atoms with Crippen LogP contribution in [0.25, 0.3) is 0 Å². The number of hydrogen-bond donors (Lipinski definition) is 1. The van der Waals surface area contributed by atoms with E-state index in [1.165, 1.54) is 18.2 Å². The van der Waals surface area contributed by atoms with E-state index in [2.05, 4.69) is 5.32 Å². The molecule has 0 aromatic heterocycles. The van der Waals surface area contributed by atoms with Gasteiger partial charge in [-0.1, -0.05) is 11.6 Å². The summed E-state index contributed by atoms with van der Waals surface area (Å²) in [5.74, 6) is 2.00. The minimum absolute atomic E-state index is 0. The van der Waals surface area contributed by atoms with E-state index in [-0.39, 0.29) is 36.6 Å². The highest BCUT2D eigenvalue weighted by molar-refractivity contribution is 7.99. The number of nitrogens with one attached hydrogen (secondary N) is 1. The summed E-state index contributed by atoms with van der Waals surface area (Å²) in [4.78, 5) is 24.2. The number of carbonyl (C=O) groups excluding carboxylic acids is 1. The number of carbonyl (C=O) groups is 1. The number of non-ortho nitro benzene ring substituents is 1. The SMILES string of the molecule is CN(Cc1cc([N+](=O)[O-])ccc1Cl)C(=O)CC1CSCCN1.Cl. The number of amides is 1. The van der Waals surface area contributed by atoms with Crippen LogP contribution in [-0.2, 0) is 11.3 Å². The van der Waals surface area contributed by atoms with Crippen molar-refractivity contribution in [2.45, 2.75) is 19.0 Å². The molecular weight excluding hydrogens is 361 g/mol. The van der Waals surface area contributed by atoms with Crippen LogP contribution in [0.3, 0.4) is 0 Å². The molecule has 0 radical (unpaired) electrons. The molecule has 0 bridgehead atoms. The number of benzene rings is 1. The maximum Gasteiger partial charge on any atom is 0.269 e. The van der Waals surface area contributed by atoms with Gasteiger partial charge in [-0.2, -0.15) is 11.8 Å². The van der Waals surface area contributed by atoms with Gasteiger partial charge in [0, 0.05) is 61.3 Å². The zero-order chi connectivity index (χ0) is 16.1. The number of hydrogen-bond acceptors (Lipinski definition) is 5. The van der Waals surface area contributed by atoms with Gasteiger partial charge in [-0.05, 0) is 11.6 Å². The van der Waals surface area contributed by atoms with Gasteiger partial charge in [0.15, 0.2) is 0 Å². The number of nitro benzene ring substituents is 1. The van der Waals surface area contributed by atoms with Gasteiger partial charge in [-0.15, -0.1) is 12.4 Å². The van der Waals surface area contributed by atoms with E-state index in [4.69, 9.17) is 11.6 Å². The highest BCUT2D eigenvalue weighted by atomic mass is 35.5. The van der Waals surface area contributed by atoms with E-state index in [9.17, 15) is 14.9 Å². The molecule has 0 aliphatic carbocycles. The van der Waals surface area contributed by atoms with Crippen molar-refractivity contribution in [3.05, 3.63) is 38.9 Å². The average Bonchev–Trinajstić information content (AvgIpc) is 2.50. The van der Waals surface area contributed by atoms with Crippen LogP contribution in [0.5, 0.6) is 0 Å². The van der Waals surface area contributed by atoms with E-state index >= 15 is 0 Å². The first-order valence-electron chi connectivity index (χ1n) is 6.95. The smallest absolute Gasteiger partial charge is 0.269 e. The zero-order valence-corrected chi connectivity index (χ0v) is 15.0. The molecule has 1 amide bonds. The third-order valence-electron chi connectivity index (χ3n) is 3.49. The Morgan fingerprint density at radius 2 is 2.30 bits per heavy atom. The predicted octanol–water partition coefficient (Wildman–Crippen LogP) is 2.72. The molecule has 6 nitrogen and oxygen atoms in total. The summed E-state index contributed by atoms with van der Waals surface area (Å²) in [5.41, 5.74) is 0.559. The first-order chi connectivity index (χ1) is 10.5. The quantitative estimate of drug-likeness (QED) is 0.628. The fourth-order valence-corrected chi connectivity index (χ4v) is 3.38. The van der Waals surface area contributed by atoms with E-state index in [1.54, 1.807) is 11.9 Å². The maximum atomic E-state index is 12.2. The summed E-state index contributed by atoms with van der Waals surface area (Å²) < 4.78 is 0. The van der Waals surface area contributed by atoms with E-state index in [0.717, 1.165) is 18.1 Å². The third kappa shape index (κ3) is 5.84. The molecule has 128 valence electrons. The van der Waals surface area contributed by atoms with Gasteiger partial charge in [0.2, 0.25) is 5.91 Å². The van der Waals surface area contributed by atoms with Crippen molar-refractivity contribution in [1.29, 1.82) is 0 Å². The van der Waals surface area contributed by atoms with Crippen molar-refractivity contribution >= 4 is 47.4 Å². The van der Waals surface area contributed by atoms with Crippen LogP contribution in [0.15, 0.2) is 18.2 Å². The Bertz CT molecular complexity index is 568. The topological polar surface area (TPSA) is 75.5 Å². The molecule has 1 atom stereocenters. The minimum atomic E-state index is -0.467.